The average molecular weight is 386 g/mol. The Balaban J connectivity index is 1.90. The summed E-state index contributed by atoms with van der Waals surface area (Å²) in [4.78, 5) is 19.3. The summed E-state index contributed by atoms with van der Waals surface area (Å²) in [5.74, 6) is 1.55. The van der Waals surface area contributed by atoms with Gasteiger partial charge in [0.15, 0.2) is 0 Å². The number of nitrogens with one attached hydrogen (secondary N) is 1. The van der Waals surface area contributed by atoms with Gasteiger partial charge in [-0.1, -0.05) is 35.9 Å². The van der Waals surface area contributed by atoms with Gasteiger partial charge in [0, 0.05) is 23.2 Å². The van der Waals surface area contributed by atoms with Gasteiger partial charge < -0.3 is 15.0 Å². The molecule has 0 bridgehead atoms. The van der Waals surface area contributed by atoms with E-state index in [9.17, 15) is 4.79 Å². The van der Waals surface area contributed by atoms with Crippen molar-refractivity contribution < 1.29 is 9.53 Å². The maximum atomic E-state index is 12.3. The van der Waals surface area contributed by atoms with E-state index in [0.717, 1.165) is 22.7 Å². The van der Waals surface area contributed by atoms with E-state index in [2.05, 4.69) is 5.32 Å². The molecule has 1 amide bonds. The summed E-state index contributed by atoms with van der Waals surface area (Å²) < 4.78 is 5.33. The van der Waals surface area contributed by atoms with Crippen LogP contribution in [0.3, 0.4) is 0 Å². The Labute approximate surface area is 165 Å². The summed E-state index contributed by atoms with van der Waals surface area (Å²) in [6.07, 6.45) is 0. The first kappa shape index (κ1) is 19.2. The Morgan fingerprint density at radius 3 is 2.78 bits per heavy atom. The van der Waals surface area contributed by atoms with Gasteiger partial charge in [-0.3, -0.25) is 9.79 Å². The number of methoxy groups -OCH3 is 1. The van der Waals surface area contributed by atoms with Crippen LogP contribution in [-0.4, -0.2) is 42.9 Å². The normalized spacial score (nSPS) is 16.4. The fourth-order valence-electron chi connectivity index (χ4n) is 3.16. The van der Waals surface area contributed by atoms with Crippen LogP contribution in [0.25, 0.3) is 0 Å². The lowest BCUT2D eigenvalue weighted by Gasteiger charge is -2.21. The second-order valence-corrected chi connectivity index (χ2v) is 7.29. The molecule has 1 aliphatic heterocycles. The van der Waals surface area contributed by atoms with Crippen molar-refractivity contribution in [1.29, 1.82) is 0 Å². The van der Waals surface area contributed by atoms with E-state index in [0.29, 0.717) is 11.6 Å². The number of carbonyl (C=O) groups excluding carboxylic acids is 1. The summed E-state index contributed by atoms with van der Waals surface area (Å²) >= 11 is 6.17. The SMILES string of the molecule is COc1cccc(C2CN(CC(=O)NC(C)C)C(c3cccc(Cl)c3)=N2)c1. The Kier molecular flexibility index (Phi) is 6.01. The van der Waals surface area contributed by atoms with Crippen molar-refractivity contribution in [1.82, 2.24) is 10.2 Å². The molecule has 0 radical (unpaired) electrons. The highest BCUT2D eigenvalue weighted by Crippen LogP contribution is 2.29. The zero-order chi connectivity index (χ0) is 19.4. The lowest BCUT2D eigenvalue weighted by molar-refractivity contribution is -0.121. The van der Waals surface area contributed by atoms with Crippen LogP contribution in [0, 0.1) is 0 Å². The van der Waals surface area contributed by atoms with Crippen molar-refractivity contribution in [2.24, 2.45) is 4.99 Å². The van der Waals surface area contributed by atoms with Crippen LogP contribution >= 0.6 is 11.6 Å². The van der Waals surface area contributed by atoms with Gasteiger partial charge in [0.05, 0.1) is 19.7 Å². The van der Waals surface area contributed by atoms with E-state index in [1.165, 1.54) is 0 Å². The number of rotatable bonds is 6. The second kappa shape index (κ2) is 8.44. The third kappa shape index (κ3) is 4.80. The summed E-state index contributed by atoms with van der Waals surface area (Å²) in [6, 6.07) is 15.5. The maximum Gasteiger partial charge on any atom is 0.239 e. The summed E-state index contributed by atoms with van der Waals surface area (Å²) in [6.45, 7) is 4.78. The van der Waals surface area contributed by atoms with Gasteiger partial charge in [-0.05, 0) is 43.7 Å². The number of carbonyl (C=O) groups is 1. The average Bonchev–Trinajstić information content (AvgIpc) is 3.05. The number of aliphatic imine (C=N–C) groups is 1. The monoisotopic (exact) mass is 385 g/mol. The molecule has 2 aromatic rings. The first-order chi connectivity index (χ1) is 13.0. The summed E-state index contributed by atoms with van der Waals surface area (Å²) in [7, 11) is 1.65. The number of amidine groups is 1. The van der Waals surface area contributed by atoms with Gasteiger partial charge >= 0.3 is 0 Å². The van der Waals surface area contributed by atoms with E-state index in [1.54, 1.807) is 7.11 Å². The van der Waals surface area contributed by atoms with Crippen molar-refractivity contribution in [3.05, 3.63) is 64.7 Å². The van der Waals surface area contributed by atoms with Crippen molar-refractivity contribution >= 4 is 23.3 Å². The van der Waals surface area contributed by atoms with Crippen LogP contribution in [-0.2, 0) is 4.79 Å². The molecule has 2 aromatic carbocycles. The lowest BCUT2D eigenvalue weighted by Crippen LogP contribution is -2.41. The van der Waals surface area contributed by atoms with Crippen LogP contribution in [0.2, 0.25) is 5.02 Å². The number of halogens is 1. The van der Waals surface area contributed by atoms with Crippen molar-refractivity contribution in [3.63, 3.8) is 0 Å². The first-order valence-corrected chi connectivity index (χ1v) is 9.36. The van der Waals surface area contributed by atoms with Gasteiger partial charge in [0.1, 0.15) is 11.6 Å². The molecule has 1 atom stereocenters. The Hall–Kier alpha value is -2.53. The molecule has 0 aromatic heterocycles. The van der Waals surface area contributed by atoms with E-state index in [4.69, 9.17) is 21.3 Å². The maximum absolute atomic E-state index is 12.3. The summed E-state index contributed by atoms with van der Waals surface area (Å²) in [5, 5.41) is 3.59. The molecular formula is C21H24ClN3O2. The minimum atomic E-state index is -0.0686. The van der Waals surface area contributed by atoms with Crippen molar-refractivity contribution in [2.45, 2.75) is 25.9 Å². The molecule has 1 N–H and O–H groups in total. The molecule has 5 nitrogen and oxygen atoms in total. The van der Waals surface area contributed by atoms with E-state index in [-0.39, 0.29) is 24.5 Å². The van der Waals surface area contributed by atoms with Gasteiger partial charge in [0.2, 0.25) is 5.91 Å². The number of ether oxygens (including phenoxy) is 1. The van der Waals surface area contributed by atoms with Crippen LogP contribution in [0.1, 0.15) is 31.0 Å². The number of hydrogen-bond acceptors (Lipinski definition) is 4. The van der Waals surface area contributed by atoms with Crippen LogP contribution < -0.4 is 10.1 Å². The molecule has 0 saturated carbocycles. The molecule has 27 heavy (non-hydrogen) atoms. The predicted molar refractivity (Wildman–Crippen MR) is 109 cm³/mol. The molecule has 0 saturated heterocycles. The van der Waals surface area contributed by atoms with Crippen LogP contribution in [0.4, 0.5) is 0 Å². The molecule has 6 heteroatoms. The zero-order valence-corrected chi connectivity index (χ0v) is 16.5. The Bertz CT molecular complexity index is 851. The first-order valence-electron chi connectivity index (χ1n) is 8.98. The molecule has 0 fully saturated rings. The van der Waals surface area contributed by atoms with Crippen molar-refractivity contribution in [3.8, 4) is 5.75 Å². The number of nitrogens with zero attached hydrogens (tertiary/aromatic N) is 2. The number of benzene rings is 2. The molecule has 1 heterocycles. The Morgan fingerprint density at radius 2 is 2.07 bits per heavy atom. The van der Waals surface area contributed by atoms with Crippen LogP contribution in [0.15, 0.2) is 53.5 Å². The largest absolute Gasteiger partial charge is 0.497 e. The standard InChI is InChI=1S/C21H24ClN3O2/c1-14(2)23-20(26)13-25-12-19(15-6-5-9-18(11-15)27-3)24-21(25)16-7-4-8-17(22)10-16/h4-11,14,19H,12-13H2,1-3H3,(H,23,26). The quantitative estimate of drug-likeness (QED) is 0.825. The van der Waals surface area contributed by atoms with Gasteiger partial charge in [-0.2, -0.15) is 0 Å². The fraction of sp³-hybridized carbons (Fsp3) is 0.333. The van der Waals surface area contributed by atoms with Gasteiger partial charge in [-0.15, -0.1) is 0 Å². The minimum Gasteiger partial charge on any atom is -0.497 e. The molecule has 142 valence electrons. The minimum absolute atomic E-state index is 0.0222. The highest BCUT2D eigenvalue weighted by Gasteiger charge is 2.29. The highest BCUT2D eigenvalue weighted by molar-refractivity contribution is 6.31. The van der Waals surface area contributed by atoms with Gasteiger partial charge in [0.25, 0.3) is 0 Å². The molecule has 0 aliphatic carbocycles. The predicted octanol–water partition coefficient (Wildman–Crippen LogP) is 3.68. The molecular weight excluding hydrogens is 362 g/mol. The van der Waals surface area contributed by atoms with E-state index >= 15 is 0 Å². The van der Waals surface area contributed by atoms with Crippen molar-refractivity contribution in [2.75, 3.05) is 20.2 Å². The van der Waals surface area contributed by atoms with E-state index in [1.807, 2.05) is 67.3 Å². The smallest absolute Gasteiger partial charge is 0.239 e. The molecule has 1 aliphatic rings. The van der Waals surface area contributed by atoms with Gasteiger partial charge in [-0.25, -0.2) is 0 Å². The topological polar surface area (TPSA) is 53.9 Å². The molecule has 0 spiro atoms. The third-order valence-electron chi connectivity index (χ3n) is 4.32. The summed E-state index contributed by atoms with van der Waals surface area (Å²) in [5.41, 5.74) is 1.96. The Morgan fingerprint density at radius 1 is 1.30 bits per heavy atom. The van der Waals surface area contributed by atoms with Crippen LogP contribution in [0.5, 0.6) is 5.75 Å². The third-order valence-corrected chi connectivity index (χ3v) is 4.55. The number of amides is 1. The lowest BCUT2D eigenvalue weighted by atomic mass is 10.1. The molecule has 1 unspecified atom stereocenters. The number of hydrogen-bond donors (Lipinski definition) is 1. The zero-order valence-electron chi connectivity index (χ0n) is 15.8. The highest BCUT2D eigenvalue weighted by atomic mass is 35.5. The van der Waals surface area contributed by atoms with E-state index < -0.39 is 0 Å². The molecule has 3 rings (SSSR count). The second-order valence-electron chi connectivity index (χ2n) is 6.86. The fourth-order valence-corrected chi connectivity index (χ4v) is 3.35.